The van der Waals surface area contributed by atoms with E-state index in [0.717, 1.165) is 6.42 Å². The van der Waals surface area contributed by atoms with Crippen LogP contribution in [0.15, 0.2) is 0 Å². The van der Waals surface area contributed by atoms with Crippen molar-refractivity contribution in [3.63, 3.8) is 0 Å². The number of hydrogen-bond acceptors (Lipinski definition) is 2. The van der Waals surface area contributed by atoms with Crippen molar-refractivity contribution >= 4 is 0 Å². The minimum absolute atomic E-state index is 0.0535. The van der Waals surface area contributed by atoms with Crippen molar-refractivity contribution in [1.82, 2.24) is 10.2 Å². The van der Waals surface area contributed by atoms with Gasteiger partial charge in [0.25, 0.3) is 0 Å². The van der Waals surface area contributed by atoms with Gasteiger partial charge in [-0.3, -0.25) is 4.90 Å². The molecule has 5 heteroatoms. The standard InChI is InChI=1S/C11H21F3N2/c1-3-6-16(8-11(12,13)14)9(2)7-15-10-4-5-10/h9-10,15H,3-8H2,1-2H3. The molecule has 1 N–H and O–H groups in total. The molecular formula is C11H21F3N2. The highest BCUT2D eigenvalue weighted by Gasteiger charge is 2.32. The summed E-state index contributed by atoms with van der Waals surface area (Å²) in [4.78, 5) is 1.51. The normalized spacial score (nSPS) is 19.1. The third-order valence-electron chi connectivity index (χ3n) is 2.80. The molecule has 0 aliphatic heterocycles. The van der Waals surface area contributed by atoms with Gasteiger partial charge in [0.05, 0.1) is 6.54 Å². The van der Waals surface area contributed by atoms with Gasteiger partial charge < -0.3 is 5.32 Å². The number of hydrogen-bond donors (Lipinski definition) is 1. The van der Waals surface area contributed by atoms with Crippen LogP contribution in [0.1, 0.15) is 33.1 Å². The highest BCUT2D eigenvalue weighted by Crippen LogP contribution is 2.20. The lowest BCUT2D eigenvalue weighted by Crippen LogP contribution is -2.45. The van der Waals surface area contributed by atoms with Crippen LogP contribution in [0.5, 0.6) is 0 Å². The van der Waals surface area contributed by atoms with Crippen molar-refractivity contribution in [3.05, 3.63) is 0 Å². The van der Waals surface area contributed by atoms with E-state index in [1.54, 1.807) is 0 Å². The van der Waals surface area contributed by atoms with Gasteiger partial charge in [-0.15, -0.1) is 0 Å². The van der Waals surface area contributed by atoms with E-state index in [1.165, 1.54) is 17.7 Å². The summed E-state index contributed by atoms with van der Waals surface area (Å²) < 4.78 is 37.0. The van der Waals surface area contributed by atoms with Crippen LogP contribution in [0.3, 0.4) is 0 Å². The molecule has 0 aromatic heterocycles. The average molecular weight is 238 g/mol. The fourth-order valence-corrected chi connectivity index (χ4v) is 1.73. The maximum Gasteiger partial charge on any atom is 0.401 e. The van der Waals surface area contributed by atoms with E-state index < -0.39 is 12.7 Å². The Morgan fingerprint density at radius 3 is 2.44 bits per heavy atom. The monoisotopic (exact) mass is 238 g/mol. The molecule has 1 unspecified atom stereocenters. The van der Waals surface area contributed by atoms with Gasteiger partial charge in [0, 0.05) is 18.6 Å². The fraction of sp³-hybridized carbons (Fsp3) is 1.00. The van der Waals surface area contributed by atoms with Gasteiger partial charge in [0.1, 0.15) is 0 Å². The molecule has 0 bridgehead atoms. The van der Waals surface area contributed by atoms with Crippen LogP contribution in [-0.4, -0.2) is 42.8 Å². The molecule has 1 atom stereocenters. The van der Waals surface area contributed by atoms with Crippen LogP contribution < -0.4 is 5.32 Å². The van der Waals surface area contributed by atoms with Gasteiger partial charge in [-0.1, -0.05) is 6.92 Å². The summed E-state index contributed by atoms with van der Waals surface area (Å²) in [6.45, 7) is 4.13. The molecule has 0 spiro atoms. The molecule has 1 aliphatic carbocycles. The predicted molar refractivity (Wildman–Crippen MR) is 58.4 cm³/mol. The van der Waals surface area contributed by atoms with Gasteiger partial charge in [0.15, 0.2) is 0 Å². The molecule has 1 fully saturated rings. The van der Waals surface area contributed by atoms with Gasteiger partial charge >= 0.3 is 6.18 Å². The van der Waals surface area contributed by atoms with E-state index in [4.69, 9.17) is 0 Å². The Bertz CT molecular complexity index is 202. The molecule has 1 rings (SSSR count). The molecule has 1 aliphatic rings. The molecule has 0 amide bonds. The smallest absolute Gasteiger partial charge is 0.312 e. The van der Waals surface area contributed by atoms with E-state index in [1.807, 2.05) is 13.8 Å². The SMILES string of the molecule is CCCN(CC(F)(F)F)C(C)CNC1CC1. The number of halogens is 3. The van der Waals surface area contributed by atoms with Crippen molar-refractivity contribution in [2.24, 2.45) is 0 Å². The Hall–Kier alpha value is -0.290. The largest absolute Gasteiger partial charge is 0.401 e. The number of nitrogens with zero attached hydrogens (tertiary/aromatic N) is 1. The van der Waals surface area contributed by atoms with Crippen LogP contribution in [0, 0.1) is 0 Å². The van der Waals surface area contributed by atoms with Crippen LogP contribution in [-0.2, 0) is 0 Å². The second kappa shape index (κ2) is 5.87. The third kappa shape index (κ3) is 5.70. The summed E-state index contributed by atoms with van der Waals surface area (Å²) in [5.74, 6) is 0. The van der Waals surface area contributed by atoms with Crippen molar-refractivity contribution in [2.45, 2.75) is 51.4 Å². The molecule has 0 heterocycles. The summed E-state index contributed by atoms with van der Waals surface area (Å²) >= 11 is 0. The van der Waals surface area contributed by atoms with Crippen molar-refractivity contribution in [1.29, 1.82) is 0 Å². The zero-order chi connectivity index (χ0) is 12.2. The lowest BCUT2D eigenvalue weighted by molar-refractivity contribution is -0.150. The molecule has 2 nitrogen and oxygen atoms in total. The molecular weight excluding hydrogens is 217 g/mol. The second-order valence-corrected chi connectivity index (χ2v) is 4.62. The molecule has 96 valence electrons. The Labute approximate surface area is 95.2 Å². The van der Waals surface area contributed by atoms with Crippen LogP contribution in [0.25, 0.3) is 0 Å². The highest BCUT2D eigenvalue weighted by atomic mass is 19.4. The Balaban J connectivity index is 2.33. The molecule has 0 aromatic rings. The maximum atomic E-state index is 12.3. The van der Waals surface area contributed by atoms with Crippen molar-refractivity contribution < 1.29 is 13.2 Å². The zero-order valence-electron chi connectivity index (χ0n) is 9.98. The summed E-state index contributed by atoms with van der Waals surface area (Å²) in [6.07, 6.45) is -1.01. The Morgan fingerprint density at radius 1 is 1.38 bits per heavy atom. The van der Waals surface area contributed by atoms with Crippen LogP contribution in [0.4, 0.5) is 13.2 Å². The first-order valence-corrected chi connectivity index (χ1v) is 5.96. The molecule has 0 aromatic carbocycles. The lowest BCUT2D eigenvalue weighted by atomic mass is 10.2. The molecule has 0 saturated heterocycles. The summed E-state index contributed by atoms with van der Waals surface area (Å²) in [6, 6.07) is 0.499. The van der Waals surface area contributed by atoms with E-state index in [-0.39, 0.29) is 6.04 Å². The first-order valence-electron chi connectivity index (χ1n) is 5.96. The van der Waals surface area contributed by atoms with Gasteiger partial charge in [-0.2, -0.15) is 13.2 Å². The topological polar surface area (TPSA) is 15.3 Å². The highest BCUT2D eigenvalue weighted by molar-refractivity contribution is 4.83. The quantitative estimate of drug-likeness (QED) is 0.732. The third-order valence-corrected chi connectivity index (χ3v) is 2.80. The number of rotatable bonds is 7. The average Bonchev–Trinajstić information content (AvgIpc) is 2.95. The van der Waals surface area contributed by atoms with Crippen LogP contribution >= 0.6 is 0 Å². The Morgan fingerprint density at radius 2 is 2.00 bits per heavy atom. The van der Waals surface area contributed by atoms with Gasteiger partial charge in [0.2, 0.25) is 0 Å². The van der Waals surface area contributed by atoms with Crippen molar-refractivity contribution in [3.8, 4) is 0 Å². The summed E-state index contributed by atoms with van der Waals surface area (Å²) in [5, 5.41) is 3.27. The first kappa shape index (κ1) is 13.8. The van der Waals surface area contributed by atoms with E-state index in [0.29, 0.717) is 19.1 Å². The van der Waals surface area contributed by atoms with Crippen molar-refractivity contribution in [2.75, 3.05) is 19.6 Å². The second-order valence-electron chi connectivity index (χ2n) is 4.62. The van der Waals surface area contributed by atoms with Gasteiger partial charge in [-0.05, 0) is 32.7 Å². The van der Waals surface area contributed by atoms with Gasteiger partial charge in [-0.25, -0.2) is 0 Å². The van der Waals surface area contributed by atoms with Crippen LogP contribution in [0.2, 0.25) is 0 Å². The zero-order valence-corrected chi connectivity index (χ0v) is 9.98. The first-order chi connectivity index (χ1) is 7.42. The van der Waals surface area contributed by atoms with E-state index >= 15 is 0 Å². The van der Waals surface area contributed by atoms with E-state index in [9.17, 15) is 13.2 Å². The predicted octanol–water partition coefficient (Wildman–Crippen LogP) is 2.40. The molecule has 16 heavy (non-hydrogen) atoms. The lowest BCUT2D eigenvalue weighted by Gasteiger charge is -2.29. The van der Waals surface area contributed by atoms with E-state index in [2.05, 4.69) is 5.32 Å². The fourth-order valence-electron chi connectivity index (χ4n) is 1.73. The number of alkyl halides is 3. The molecule has 0 radical (unpaired) electrons. The maximum absolute atomic E-state index is 12.3. The summed E-state index contributed by atoms with van der Waals surface area (Å²) in [5.41, 5.74) is 0. The number of nitrogens with one attached hydrogen (secondary N) is 1. The molecule has 1 saturated carbocycles. The minimum atomic E-state index is -4.09. The summed E-state index contributed by atoms with van der Waals surface area (Å²) in [7, 11) is 0. The Kier molecular flexibility index (Phi) is 5.05. The minimum Gasteiger partial charge on any atom is -0.312 e.